The Balaban J connectivity index is 1.72. The Bertz CT molecular complexity index is 1030. The molecule has 3 aromatic rings. The molecule has 1 N–H and O–H groups in total. The fraction of sp³-hybridized carbons (Fsp3) is 0.150. The minimum absolute atomic E-state index is 0.0880. The molecule has 6 nitrogen and oxygen atoms in total. The van der Waals surface area contributed by atoms with Crippen molar-refractivity contribution >= 4 is 34.8 Å². The normalized spacial score (nSPS) is 10.5. The molecule has 0 aliphatic rings. The van der Waals surface area contributed by atoms with Crippen LogP contribution in [0.1, 0.15) is 23.7 Å². The third-order valence-corrected chi connectivity index (χ3v) is 4.58. The Morgan fingerprint density at radius 2 is 1.79 bits per heavy atom. The smallest absolute Gasteiger partial charge is 0.291 e. The summed E-state index contributed by atoms with van der Waals surface area (Å²) in [5.41, 5.74) is 1.03. The van der Waals surface area contributed by atoms with E-state index in [1.165, 1.54) is 6.20 Å². The van der Waals surface area contributed by atoms with E-state index in [-0.39, 0.29) is 16.0 Å². The van der Waals surface area contributed by atoms with Gasteiger partial charge in [-0.3, -0.25) is 9.59 Å². The van der Waals surface area contributed by atoms with E-state index in [1.807, 2.05) is 6.92 Å². The summed E-state index contributed by atoms with van der Waals surface area (Å²) < 4.78 is 6.63. The van der Waals surface area contributed by atoms with Crippen molar-refractivity contribution in [1.82, 2.24) is 9.78 Å². The predicted molar refractivity (Wildman–Crippen MR) is 110 cm³/mol. The van der Waals surface area contributed by atoms with Crippen LogP contribution in [0.2, 0.25) is 10.0 Å². The van der Waals surface area contributed by atoms with Gasteiger partial charge in [0, 0.05) is 11.3 Å². The molecule has 0 bridgehead atoms. The summed E-state index contributed by atoms with van der Waals surface area (Å²) in [6.07, 6.45) is 2.22. The second kappa shape index (κ2) is 8.91. The number of rotatable bonds is 6. The molecule has 0 fully saturated rings. The van der Waals surface area contributed by atoms with Gasteiger partial charge in [0.1, 0.15) is 10.8 Å². The summed E-state index contributed by atoms with van der Waals surface area (Å²) in [5.74, 6) is 0.479. The van der Waals surface area contributed by atoms with Crippen molar-refractivity contribution in [1.29, 1.82) is 0 Å². The van der Waals surface area contributed by atoms with E-state index in [9.17, 15) is 9.59 Å². The Hall–Kier alpha value is -2.83. The second-order valence-electron chi connectivity index (χ2n) is 5.90. The molecular formula is C20H17Cl2N3O3. The van der Waals surface area contributed by atoms with Gasteiger partial charge in [-0.15, -0.1) is 0 Å². The number of anilines is 1. The summed E-state index contributed by atoms with van der Waals surface area (Å²) in [7, 11) is 0. The summed E-state index contributed by atoms with van der Waals surface area (Å²) in [6.45, 7) is 2.68. The zero-order valence-electron chi connectivity index (χ0n) is 15.0. The largest absolute Gasteiger partial charge is 0.494 e. The van der Waals surface area contributed by atoms with Gasteiger partial charge < -0.3 is 10.1 Å². The van der Waals surface area contributed by atoms with Gasteiger partial charge in [-0.05, 0) is 55.0 Å². The highest BCUT2D eigenvalue weighted by molar-refractivity contribution is 6.41. The van der Waals surface area contributed by atoms with E-state index in [4.69, 9.17) is 27.9 Å². The number of benzene rings is 2. The quantitative estimate of drug-likeness (QED) is 0.636. The van der Waals surface area contributed by atoms with Crippen LogP contribution in [0.25, 0.3) is 5.69 Å². The summed E-state index contributed by atoms with van der Waals surface area (Å²) in [4.78, 5) is 24.6. The number of halogens is 2. The van der Waals surface area contributed by atoms with E-state index >= 15 is 0 Å². The van der Waals surface area contributed by atoms with E-state index < -0.39 is 5.56 Å². The summed E-state index contributed by atoms with van der Waals surface area (Å²) >= 11 is 11.6. The van der Waals surface area contributed by atoms with Gasteiger partial charge >= 0.3 is 0 Å². The SMILES string of the molecule is CCCOc1ccc(NC(=O)c2ccc(-n3ncc(Cl)c(Cl)c3=O)cc2)cc1. The maximum atomic E-state index is 12.4. The molecule has 3 rings (SSSR count). The molecule has 8 heteroatoms. The Morgan fingerprint density at radius 1 is 1.11 bits per heavy atom. The molecule has 0 aliphatic heterocycles. The van der Waals surface area contributed by atoms with Crippen molar-refractivity contribution < 1.29 is 9.53 Å². The topological polar surface area (TPSA) is 73.2 Å². The molecule has 144 valence electrons. The lowest BCUT2D eigenvalue weighted by atomic mass is 10.2. The number of aromatic nitrogens is 2. The highest BCUT2D eigenvalue weighted by Crippen LogP contribution is 2.18. The Kier molecular flexibility index (Phi) is 6.34. The molecule has 0 saturated heterocycles. The molecule has 1 amide bonds. The molecule has 0 aliphatic carbocycles. The Morgan fingerprint density at radius 3 is 2.43 bits per heavy atom. The molecule has 0 unspecified atom stereocenters. The lowest BCUT2D eigenvalue weighted by Crippen LogP contribution is -2.21. The van der Waals surface area contributed by atoms with Crippen molar-refractivity contribution in [2.75, 3.05) is 11.9 Å². The van der Waals surface area contributed by atoms with Gasteiger partial charge in [0.15, 0.2) is 0 Å². The van der Waals surface area contributed by atoms with E-state index in [0.717, 1.165) is 16.9 Å². The molecule has 0 atom stereocenters. The molecule has 0 radical (unpaired) electrons. The third-order valence-electron chi connectivity index (χ3n) is 3.84. The van der Waals surface area contributed by atoms with Crippen LogP contribution in [0, 0.1) is 0 Å². The lowest BCUT2D eigenvalue weighted by molar-refractivity contribution is 0.102. The maximum absolute atomic E-state index is 12.4. The standard InChI is InChI=1S/C20H17Cl2N3O3/c1-2-11-28-16-9-5-14(6-10-16)24-19(26)13-3-7-15(8-4-13)25-20(27)18(22)17(21)12-23-25/h3-10,12H,2,11H2,1H3,(H,24,26). The zero-order valence-corrected chi connectivity index (χ0v) is 16.5. The fourth-order valence-electron chi connectivity index (χ4n) is 2.41. The molecule has 0 spiro atoms. The van der Waals surface area contributed by atoms with Crippen molar-refractivity contribution in [3.63, 3.8) is 0 Å². The van der Waals surface area contributed by atoms with Gasteiger partial charge in [0.05, 0.1) is 23.5 Å². The molecule has 28 heavy (non-hydrogen) atoms. The van der Waals surface area contributed by atoms with Crippen molar-refractivity contribution in [3.8, 4) is 11.4 Å². The first-order chi connectivity index (χ1) is 13.5. The second-order valence-corrected chi connectivity index (χ2v) is 6.68. The van der Waals surface area contributed by atoms with Crippen molar-refractivity contribution in [2.24, 2.45) is 0 Å². The maximum Gasteiger partial charge on any atom is 0.291 e. The summed E-state index contributed by atoms with van der Waals surface area (Å²) in [6, 6.07) is 13.6. The summed E-state index contributed by atoms with van der Waals surface area (Å²) in [5, 5.41) is 6.75. The zero-order chi connectivity index (χ0) is 20.1. The van der Waals surface area contributed by atoms with E-state index in [2.05, 4.69) is 10.4 Å². The fourth-order valence-corrected chi connectivity index (χ4v) is 2.66. The third kappa shape index (κ3) is 4.52. The molecule has 1 aromatic heterocycles. The monoisotopic (exact) mass is 417 g/mol. The van der Waals surface area contributed by atoms with Crippen LogP contribution in [-0.4, -0.2) is 22.3 Å². The first kappa shape index (κ1) is 19.9. The van der Waals surface area contributed by atoms with Crippen LogP contribution in [0.4, 0.5) is 5.69 Å². The van der Waals surface area contributed by atoms with Gasteiger partial charge in [0.25, 0.3) is 11.5 Å². The first-order valence-electron chi connectivity index (χ1n) is 8.57. The van der Waals surface area contributed by atoms with Crippen molar-refractivity contribution in [2.45, 2.75) is 13.3 Å². The number of nitrogens with one attached hydrogen (secondary N) is 1. The number of nitrogens with zero attached hydrogens (tertiary/aromatic N) is 2. The average molecular weight is 418 g/mol. The minimum Gasteiger partial charge on any atom is -0.494 e. The van der Waals surface area contributed by atoms with Crippen LogP contribution < -0.4 is 15.6 Å². The van der Waals surface area contributed by atoms with Gasteiger partial charge in [-0.2, -0.15) is 9.78 Å². The molecule has 2 aromatic carbocycles. The highest BCUT2D eigenvalue weighted by Gasteiger charge is 2.11. The number of ether oxygens (including phenoxy) is 1. The molecule has 0 saturated carbocycles. The number of amides is 1. The van der Waals surface area contributed by atoms with Crippen LogP contribution in [0.3, 0.4) is 0 Å². The van der Waals surface area contributed by atoms with Crippen LogP contribution in [0.5, 0.6) is 5.75 Å². The van der Waals surface area contributed by atoms with Crippen LogP contribution >= 0.6 is 23.2 Å². The number of carbonyl (C=O) groups is 1. The number of hydrogen-bond donors (Lipinski definition) is 1. The predicted octanol–water partition coefficient (Wildman–Crippen LogP) is 4.58. The van der Waals surface area contributed by atoms with Gasteiger partial charge in [-0.25, -0.2) is 0 Å². The number of carbonyl (C=O) groups excluding carboxylic acids is 1. The van der Waals surface area contributed by atoms with Crippen LogP contribution in [-0.2, 0) is 0 Å². The van der Waals surface area contributed by atoms with Gasteiger partial charge in [-0.1, -0.05) is 30.1 Å². The lowest BCUT2D eigenvalue weighted by Gasteiger charge is -2.09. The van der Waals surface area contributed by atoms with E-state index in [0.29, 0.717) is 23.5 Å². The first-order valence-corrected chi connectivity index (χ1v) is 9.33. The van der Waals surface area contributed by atoms with Crippen LogP contribution in [0.15, 0.2) is 59.5 Å². The Labute approximate surface area is 171 Å². The highest BCUT2D eigenvalue weighted by atomic mass is 35.5. The van der Waals surface area contributed by atoms with Gasteiger partial charge in [0.2, 0.25) is 0 Å². The number of hydrogen-bond acceptors (Lipinski definition) is 4. The average Bonchev–Trinajstić information content (AvgIpc) is 2.72. The van der Waals surface area contributed by atoms with E-state index in [1.54, 1.807) is 48.5 Å². The minimum atomic E-state index is -0.531. The van der Waals surface area contributed by atoms with Crippen molar-refractivity contribution in [3.05, 3.63) is 80.7 Å². The molecule has 1 heterocycles. The molecular weight excluding hydrogens is 401 g/mol.